The van der Waals surface area contributed by atoms with E-state index in [0.717, 1.165) is 54.2 Å². The van der Waals surface area contributed by atoms with Gasteiger partial charge in [-0.2, -0.15) is 0 Å². The van der Waals surface area contributed by atoms with Crippen LogP contribution in [0.5, 0.6) is 0 Å². The normalized spacial score (nSPS) is 20.5. The molecule has 0 atom stereocenters. The Labute approximate surface area is 185 Å². The second-order valence-electron chi connectivity index (χ2n) is 8.13. The van der Waals surface area contributed by atoms with Crippen LogP contribution in [0.3, 0.4) is 0 Å². The van der Waals surface area contributed by atoms with Gasteiger partial charge in [-0.05, 0) is 38.8 Å². The first-order valence-corrected chi connectivity index (χ1v) is 11.0. The van der Waals surface area contributed by atoms with Crippen LogP contribution in [0.4, 0.5) is 0 Å². The number of allylic oxidation sites excluding steroid dienone is 1. The molecule has 0 saturated carbocycles. The van der Waals surface area contributed by atoms with Crippen LogP contribution in [-0.2, 0) is 0 Å². The SMILES string of the molecule is CC/N=C1\C(=C(/C)N2CCC(n3c(=O)[nH]c4ccccc43)CC2)N=C(c2cnco2)N1C. The molecule has 0 unspecified atom stereocenters. The molecule has 166 valence electrons. The van der Waals surface area contributed by atoms with Crippen molar-refractivity contribution in [2.45, 2.75) is 32.7 Å². The van der Waals surface area contributed by atoms with Crippen LogP contribution >= 0.6 is 0 Å². The van der Waals surface area contributed by atoms with Gasteiger partial charge in [0.1, 0.15) is 5.70 Å². The van der Waals surface area contributed by atoms with Gasteiger partial charge in [0.2, 0.25) is 0 Å². The zero-order chi connectivity index (χ0) is 22.2. The molecule has 4 heterocycles. The van der Waals surface area contributed by atoms with Crippen molar-refractivity contribution in [2.75, 3.05) is 26.7 Å². The van der Waals surface area contributed by atoms with Crippen molar-refractivity contribution >= 4 is 22.7 Å². The van der Waals surface area contributed by atoms with Crippen LogP contribution < -0.4 is 5.69 Å². The van der Waals surface area contributed by atoms with Crippen molar-refractivity contribution in [1.82, 2.24) is 24.3 Å². The van der Waals surface area contributed by atoms with Gasteiger partial charge in [0.15, 0.2) is 23.8 Å². The third kappa shape index (κ3) is 3.34. The number of oxazole rings is 1. The fourth-order valence-electron chi connectivity index (χ4n) is 4.66. The minimum atomic E-state index is -0.0317. The monoisotopic (exact) mass is 433 g/mol. The third-order valence-electron chi connectivity index (χ3n) is 6.30. The van der Waals surface area contributed by atoms with Gasteiger partial charge < -0.3 is 19.2 Å². The number of benzene rings is 1. The van der Waals surface area contributed by atoms with E-state index in [1.807, 2.05) is 47.7 Å². The van der Waals surface area contributed by atoms with E-state index in [9.17, 15) is 4.79 Å². The molecule has 9 nitrogen and oxygen atoms in total. The molecule has 1 aromatic carbocycles. The van der Waals surface area contributed by atoms with Crippen LogP contribution in [-0.4, -0.2) is 62.7 Å². The fourth-order valence-corrected chi connectivity index (χ4v) is 4.66. The molecule has 1 fully saturated rings. The summed E-state index contributed by atoms with van der Waals surface area (Å²) in [6, 6.07) is 8.06. The van der Waals surface area contributed by atoms with Gasteiger partial charge in [-0.25, -0.2) is 14.8 Å². The fraction of sp³-hybridized carbons (Fsp3) is 0.391. The lowest BCUT2D eigenvalue weighted by atomic mass is 10.0. The minimum absolute atomic E-state index is 0.0317. The topological polar surface area (TPSA) is 95.0 Å². The Bertz CT molecular complexity index is 1270. The van der Waals surface area contributed by atoms with Gasteiger partial charge in [0.05, 0.1) is 17.2 Å². The number of fused-ring (bicyclic) bond motifs is 1. The van der Waals surface area contributed by atoms with Crippen molar-refractivity contribution in [1.29, 1.82) is 0 Å². The standard InChI is InChI=1S/C23H27N7O2/c1-4-25-22-20(27-21(28(22)3)19-13-24-14-32-19)15(2)29-11-9-16(10-12-29)30-18-8-6-5-7-17(18)26-23(30)31/h5-8,13-14,16H,4,9-12H2,1-3H3,(H,26,31)/b20-15-,25-22+. The lowest BCUT2D eigenvalue weighted by Gasteiger charge is -2.35. The first-order chi connectivity index (χ1) is 15.6. The van der Waals surface area contributed by atoms with Crippen molar-refractivity contribution in [3.05, 3.63) is 64.5 Å². The Morgan fingerprint density at radius 1 is 1.28 bits per heavy atom. The number of H-pyrrole nitrogens is 1. The van der Waals surface area contributed by atoms with Gasteiger partial charge in [-0.1, -0.05) is 12.1 Å². The van der Waals surface area contributed by atoms with Gasteiger partial charge in [-0.15, -0.1) is 0 Å². The summed E-state index contributed by atoms with van der Waals surface area (Å²) in [5.41, 5.74) is 3.78. The van der Waals surface area contributed by atoms with E-state index < -0.39 is 0 Å². The summed E-state index contributed by atoms with van der Waals surface area (Å²) in [7, 11) is 1.95. The molecular weight excluding hydrogens is 406 g/mol. The highest BCUT2D eigenvalue weighted by Gasteiger charge is 2.32. The van der Waals surface area contributed by atoms with E-state index in [0.29, 0.717) is 18.1 Å². The maximum Gasteiger partial charge on any atom is 0.326 e. The number of likely N-dealkylation sites (tertiary alicyclic amines) is 1. The highest BCUT2D eigenvalue weighted by Crippen LogP contribution is 2.30. The number of hydrogen-bond donors (Lipinski definition) is 1. The zero-order valence-electron chi connectivity index (χ0n) is 18.6. The van der Waals surface area contributed by atoms with Gasteiger partial charge >= 0.3 is 5.69 Å². The minimum Gasteiger partial charge on any atom is -0.440 e. The van der Waals surface area contributed by atoms with Crippen molar-refractivity contribution in [3.8, 4) is 0 Å². The van der Waals surface area contributed by atoms with Crippen molar-refractivity contribution < 1.29 is 4.42 Å². The van der Waals surface area contributed by atoms with E-state index in [4.69, 9.17) is 14.4 Å². The maximum absolute atomic E-state index is 12.6. The number of rotatable bonds is 4. The average Bonchev–Trinajstić information content (AvgIpc) is 3.52. The molecule has 32 heavy (non-hydrogen) atoms. The summed E-state index contributed by atoms with van der Waals surface area (Å²) in [5, 5.41) is 0. The number of amidine groups is 2. The molecule has 0 spiro atoms. The van der Waals surface area contributed by atoms with E-state index in [2.05, 4.69) is 21.8 Å². The second-order valence-corrected chi connectivity index (χ2v) is 8.13. The van der Waals surface area contributed by atoms with E-state index in [-0.39, 0.29) is 11.7 Å². The van der Waals surface area contributed by atoms with Gasteiger partial charge in [-0.3, -0.25) is 9.56 Å². The molecular formula is C23H27N7O2. The smallest absolute Gasteiger partial charge is 0.326 e. The summed E-state index contributed by atoms with van der Waals surface area (Å²) < 4.78 is 7.40. The van der Waals surface area contributed by atoms with E-state index in [1.165, 1.54) is 6.39 Å². The third-order valence-corrected chi connectivity index (χ3v) is 6.30. The first kappa shape index (κ1) is 20.3. The highest BCUT2D eigenvalue weighted by molar-refractivity contribution is 6.19. The van der Waals surface area contributed by atoms with E-state index in [1.54, 1.807) is 6.20 Å². The molecule has 0 radical (unpaired) electrons. The maximum atomic E-state index is 12.6. The number of aromatic nitrogens is 3. The molecule has 0 bridgehead atoms. The lowest BCUT2D eigenvalue weighted by molar-refractivity contribution is 0.227. The molecule has 9 heteroatoms. The van der Waals surface area contributed by atoms with Crippen LogP contribution in [0.25, 0.3) is 11.0 Å². The summed E-state index contributed by atoms with van der Waals surface area (Å²) in [4.78, 5) is 33.5. The second kappa shape index (κ2) is 8.14. The Balaban J connectivity index is 1.41. The number of aromatic amines is 1. The number of aliphatic imine (C=N–C) groups is 2. The molecule has 2 aliphatic heterocycles. The Hall–Kier alpha value is -3.62. The van der Waals surface area contributed by atoms with Crippen molar-refractivity contribution in [2.24, 2.45) is 9.98 Å². The summed E-state index contributed by atoms with van der Waals surface area (Å²) in [6.45, 7) is 6.48. The first-order valence-electron chi connectivity index (χ1n) is 11.0. The van der Waals surface area contributed by atoms with Crippen LogP contribution in [0.15, 0.2) is 67.4 Å². The summed E-state index contributed by atoms with van der Waals surface area (Å²) >= 11 is 0. The largest absolute Gasteiger partial charge is 0.440 e. The number of nitrogens with one attached hydrogen (secondary N) is 1. The summed E-state index contributed by atoms with van der Waals surface area (Å²) in [6.07, 6.45) is 4.86. The van der Waals surface area contributed by atoms with Crippen LogP contribution in [0, 0.1) is 0 Å². The predicted molar refractivity (Wildman–Crippen MR) is 124 cm³/mol. The molecule has 0 aliphatic carbocycles. The molecule has 2 aliphatic rings. The number of likely N-dealkylation sites (N-methyl/N-ethyl adjacent to an activating group) is 1. The highest BCUT2D eigenvalue weighted by atomic mass is 16.3. The number of hydrogen-bond acceptors (Lipinski definition) is 6. The number of nitrogens with zero attached hydrogens (tertiary/aromatic N) is 6. The van der Waals surface area contributed by atoms with Crippen LogP contribution in [0.2, 0.25) is 0 Å². The van der Waals surface area contributed by atoms with E-state index >= 15 is 0 Å². The number of piperidine rings is 1. The Morgan fingerprint density at radius 2 is 2.06 bits per heavy atom. The predicted octanol–water partition coefficient (Wildman–Crippen LogP) is 3.00. The van der Waals surface area contributed by atoms with Gasteiger partial charge in [0, 0.05) is 38.4 Å². The molecule has 5 rings (SSSR count). The molecule has 3 aromatic rings. The van der Waals surface area contributed by atoms with Crippen LogP contribution in [0.1, 0.15) is 38.5 Å². The summed E-state index contributed by atoms with van der Waals surface area (Å²) in [5.74, 6) is 2.17. The Morgan fingerprint density at radius 3 is 2.78 bits per heavy atom. The molecule has 1 N–H and O–H groups in total. The molecule has 1 saturated heterocycles. The quantitative estimate of drug-likeness (QED) is 0.683. The van der Waals surface area contributed by atoms with Gasteiger partial charge in [0.25, 0.3) is 0 Å². The van der Waals surface area contributed by atoms with Crippen molar-refractivity contribution in [3.63, 3.8) is 0 Å². The molecule has 0 amide bonds. The Kier molecular flexibility index (Phi) is 5.16. The number of imidazole rings is 1. The molecule has 2 aromatic heterocycles. The zero-order valence-corrected chi connectivity index (χ0v) is 18.6. The lowest BCUT2D eigenvalue weighted by Crippen LogP contribution is -2.37. The number of para-hydroxylation sites is 2. The average molecular weight is 434 g/mol.